The van der Waals surface area contributed by atoms with Crippen molar-refractivity contribution in [1.29, 1.82) is 0 Å². The summed E-state index contributed by atoms with van der Waals surface area (Å²) in [4.78, 5) is 20.0. The fourth-order valence-corrected chi connectivity index (χ4v) is 6.29. The Bertz CT molecular complexity index is 1420. The van der Waals surface area contributed by atoms with Gasteiger partial charge in [0.25, 0.3) is 0 Å². The Morgan fingerprint density at radius 1 is 1.14 bits per heavy atom. The summed E-state index contributed by atoms with van der Waals surface area (Å²) in [6, 6.07) is 8.07. The van der Waals surface area contributed by atoms with Crippen LogP contribution >= 0.6 is 0 Å². The molecule has 2 aliphatic heterocycles. The standard InChI is InChI=1S/C30H39N5O7/c1-30(2)41-25-23(15-31-19-11-17(12-19)5-8-24(36)37)40-29(26(25)42-30)35-10-9-21-27(33-16-34-28(21)35)32-14-18-6-7-20(38-3)13-22(18)39-4/h6-7,9-10,13,16-17,19,23,25-26,29,31H,5,8,11-12,14-15H2,1-4H3,(H,36,37)(H,32,33,34)/t17?,19?,23-,25-,26-,29-/m1/s1. The van der Waals surface area contributed by atoms with E-state index in [1.807, 2.05) is 48.9 Å². The lowest BCUT2D eigenvalue weighted by atomic mass is 9.77. The van der Waals surface area contributed by atoms with Crippen molar-refractivity contribution in [3.63, 3.8) is 0 Å². The van der Waals surface area contributed by atoms with Crippen LogP contribution in [0.3, 0.4) is 0 Å². The van der Waals surface area contributed by atoms with Gasteiger partial charge in [-0.3, -0.25) is 4.79 Å². The topological polar surface area (TPSA) is 138 Å². The normalized spacial score (nSPS) is 27.9. The number of aliphatic carboxylic acids is 1. The highest BCUT2D eigenvalue weighted by Crippen LogP contribution is 2.44. The highest BCUT2D eigenvalue weighted by molar-refractivity contribution is 5.87. The second-order valence-electron chi connectivity index (χ2n) is 11.7. The molecular formula is C30H39N5O7. The van der Waals surface area contributed by atoms with Crippen LogP contribution in [0.2, 0.25) is 0 Å². The van der Waals surface area contributed by atoms with Crippen molar-refractivity contribution < 1.29 is 33.6 Å². The number of fused-ring (bicyclic) bond motifs is 2. The minimum absolute atomic E-state index is 0.209. The summed E-state index contributed by atoms with van der Waals surface area (Å²) in [6.45, 7) is 4.99. The quantitative estimate of drug-likeness (QED) is 0.289. The van der Waals surface area contributed by atoms with Gasteiger partial charge in [-0.15, -0.1) is 0 Å². The number of aromatic nitrogens is 3. The van der Waals surface area contributed by atoms with Gasteiger partial charge in [-0.1, -0.05) is 0 Å². The molecule has 0 amide bonds. The Morgan fingerprint density at radius 2 is 1.95 bits per heavy atom. The summed E-state index contributed by atoms with van der Waals surface area (Å²) in [5, 5.41) is 16.8. The molecule has 4 atom stereocenters. The van der Waals surface area contributed by atoms with Gasteiger partial charge >= 0.3 is 5.97 Å². The van der Waals surface area contributed by atoms with Gasteiger partial charge in [-0.25, -0.2) is 9.97 Å². The molecular weight excluding hydrogens is 542 g/mol. The number of carbonyl (C=O) groups is 1. The van der Waals surface area contributed by atoms with E-state index in [9.17, 15) is 4.79 Å². The van der Waals surface area contributed by atoms with Crippen LogP contribution in [0.1, 0.15) is 51.3 Å². The number of hydrogen-bond acceptors (Lipinski definition) is 10. The van der Waals surface area contributed by atoms with Crippen LogP contribution in [-0.4, -0.2) is 76.5 Å². The molecule has 3 fully saturated rings. The fraction of sp³-hybridized carbons (Fsp3) is 0.567. The van der Waals surface area contributed by atoms with Gasteiger partial charge in [0.15, 0.2) is 12.0 Å². The molecule has 42 heavy (non-hydrogen) atoms. The molecule has 0 bridgehead atoms. The molecule has 4 heterocycles. The van der Waals surface area contributed by atoms with Crippen LogP contribution in [0.4, 0.5) is 5.82 Å². The largest absolute Gasteiger partial charge is 0.497 e. The molecule has 3 aromatic rings. The molecule has 6 rings (SSSR count). The van der Waals surface area contributed by atoms with Gasteiger partial charge in [0.05, 0.1) is 19.6 Å². The molecule has 3 aliphatic rings. The van der Waals surface area contributed by atoms with E-state index in [-0.39, 0.29) is 24.7 Å². The molecule has 0 spiro atoms. The number of rotatable bonds is 12. The van der Waals surface area contributed by atoms with Gasteiger partial charge < -0.3 is 44.0 Å². The molecule has 2 saturated heterocycles. The lowest BCUT2D eigenvalue weighted by molar-refractivity contribution is -0.195. The summed E-state index contributed by atoms with van der Waals surface area (Å²) in [7, 11) is 3.27. The third-order valence-corrected chi connectivity index (χ3v) is 8.46. The Balaban J connectivity index is 1.15. The van der Waals surface area contributed by atoms with E-state index in [2.05, 4.69) is 20.6 Å². The number of carboxylic acids is 1. The molecule has 0 unspecified atom stereocenters. The molecule has 226 valence electrons. The van der Waals surface area contributed by atoms with E-state index < -0.39 is 18.0 Å². The molecule has 1 saturated carbocycles. The lowest BCUT2D eigenvalue weighted by Gasteiger charge is -2.37. The van der Waals surface area contributed by atoms with Gasteiger partial charge in [-0.2, -0.15) is 0 Å². The predicted molar refractivity (Wildman–Crippen MR) is 154 cm³/mol. The van der Waals surface area contributed by atoms with E-state index in [0.717, 1.165) is 47.4 Å². The average molecular weight is 582 g/mol. The number of anilines is 1. The first-order valence-corrected chi connectivity index (χ1v) is 14.5. The highest BCUT2D eigenvalue weighted by atomic mass is 16.8. The van der Waals surface area contributed by atoms with Crippen molar-refractivity contribution in [2.45, 2.75) is 82.4 Å². The summed E-state index contributed by atoms with van der Waals surface area (Å²) < 4.78 is 32.1. The van der Waals surface area contributed by atoms with Crippen molar-refractivity contribution in [3.8, 4) is 11.5 Å². The molecule has 2 aromatic heterocycles. The van der Waals surface area contributed by atoms with Crippen LogP contribution in [0, 0.1) is 5.92 Å². The van der Waals surface area contributed by atoms with Crippen LogP contribution in [0.15, 0.2) is 36.8 Å². The zero-order valence-corrected chi connectivity index (χ0v) is 24.4. The Kier molecular flexibility index (Phi) is 7.97. The zero-order valence-electron chi connectivity index (χ0n) is 24.4. The maximum Gasteiger partial charge on any atom is 0.303 e. The molecule has 0 radical (unpaired) electrons. The highest BCUT2D eigenvalue weighted by Gasteiger charge is 2.56. The Labute approximate surface area is 244 Å². The Hall–Kier alpha value is -3.45. The van der Waals surface area contributed by atoms with E-state index in [4.69, 9.17) is 28.8 Å². The summed E-state index contributed by atoms with van der Waals surface area (Å²) >= 11 is 0. The molecule has 1 aromatic carbocycles. The van der Waals surface area contributed by atoms with E-state index in [1.54, 1.807) is 20.5 Å². The molecule has 1 aliphatic carbocycles. The fourth-order valence-electron chi connectivity index (χ4n) is 6.29. The first-order chi connectivity index (χ1) is 20.2. The second kappa shape index (κ2) is 11.7. The summed E-state index contributed by atoms with van der Waals surface area (Å²) in [5.74, 6) is 1.18. The minimum Gasteiger partial charge on any atom is -0.497 e. The predicted octanol–water partition coefficient (Wildman–Crippen LogP) is 3.71. The van der Waals surface area contributed by atoms with E-state index in [0.29, 0.717) is 30.9 Å². The van der Waals surface area contributed by atoms with Gasteiger partial charge in [0.2, 0.25) is 0 Å². The summed E-state index contributed by atoms with van der Waals surface area (Å²) in [6.07, 6.45) is 5.27. The first-order valence-electron chi connectivity index (χ1n) is 14.5. The molecule has 3 N–H and O–H groups in total. The smallest absolute Gasteiger partial charge is 0.303 e. The third kappa shape index (κ3) is 5.76. The zero-order chi connectivity index (χ0) is 29.4. The van der Waals surface area contributed by atoms with Crippen molar-refractivity contribution in [2.75, 3.05) is 26.1 Å². The lowest BCUT2D eigenvalue weighted by Crippen LogP contribution is -2.47. The summed E-state index contributed by atoms with van der Waals surface area (Å²) in [5.41, 5.74) is 1.71. The maximum absolute atomic E-state index is 10.9. The number of nitrogens with one attached hydrogen (secondary N) is 2. The van der Waals surface area contributed by atoms with Crippen molar-refractivity contribution in [2.24, 2.45) is 5.92 Å². The maximum atomic E-state index is 10.9. The molecule has 12 heteroatoms. The van der Waals surface area contributed by atoms with Crippen molar-refractivity contribution in [3.05, 3.63) is 42.4 Å². The van der Waals surface area contributed by atoms with Crippen LogP contribution in [-0.2, 0) is 25.5 Å². The van der Waals surface area contributed by atoms with Crippen LogP contribution < -0.4 is 20.1 Å². The number of methoxy groups -OCH3 is 2. The average Bonchev–Trinajstić information content (AvgIpc) is 3.61. The first kappa shape index (κ1) is 28.7. The van der Waals surface area contributed by atoms with Gasteiger partial charge in [0.1, 0.15) is 47.6 Å². The van der Waals surface area contributed by atoms with Crippen LogP contribution in [0.5, 0.6) is 11.5 Å². The van der Waals surface area contributed by atoms with Gasteiger partial charge in [0, 0.05) is 43.4 Å². The van der Waals surface area contributed by atoms with Crippen molar-refractivity contribution >= 4 is 22.8 Å². The number of nitrogens with zero attached hydrogens (tertiary/aromatic N) is 3. The number of carboxylic acid groups (broad SMARTS) is 1. The minimum atomic E-state index is -0.730. The van der Waals surface area contributed by atoms with Gasteiger partial charge in [-0.05, 0) is 57.2 Å². The number of ether oxygens (including phenoxy) is 5. The van der Waals surface area contributed by atoms with Crippen molar-refractivity contribution in [1.82, 2.24) is 19.9 Å². The Morgan fingerprint density at radius 3 is 2.71 bits per heavy atom. The van der Waals surface area contributed by atoms with E-state index in [1.165, 1.54) is 0 Å². The van der Waals surface area contributed by atoms with E-state index >= 15 is 0 Å². The monoisotopic (exact) mass is 581 g/mol. The molecule has 12 nitrogen and oxygen atoms in total. The SMILES string of the molecule is COc1ccc(CNc2ncnc3c2ccn3[C@@H]2O[C@H](CNC3CC(CCC(=O)O)C3)[C@H]3OC(C)(C)O[C@H]32)c(OC)c1. The van der Waals surface area contributed by atoms with Crippen LogP contribution in [0.25, 0.3) is 11.0 Å². The number of hydrogen-bond donors (Lipinski definition) is 3. The third-order valence-electron chi connectivity index (χ3n) is 8.46. The second-order valence-corrected chi connectivity index (χ2v) is 11.7. The number of benzene rings is 1.